The molecular formula is C24H25Cl2FN4. The van der Waals surface area contributed by atoms with Crippen molar-refractivity contribution in [2.75, 3.05) is 31.1 Å². The average Bonchev–Trinajstić information content (AvgIpc) is 3.46. The number of rotatable bonds is 4. The number of hydrogen-bond acceptors (Lipinski definition) is 3. The van der Waals surface area contributed by atoms with Crippen LogP contribution >= 0.6 is 23.2 Å². The lowest BCUT2D eigenvalue weighted by molar-refractivity contribution is 0.183. The Kier molecular flexibility index (Phi) is 5.91. The van der Waals surface area contributed by atoms with Gasteiger partial charge in [-0.25, -0.2) is 4.39 Å². The fourth-order valence-electron chi connectivity index (χ4n) is 4.85. The van der Waals surface area contributed by atoms with Crippen molar-refractivity contribution >= 4 is 28.9 Å². The lowest BCUT2D eigenvalue weighted by Crippen LogP contribution is -2.49. The van der Waals surface area contributed by atoms with Gasteiger partial charge in [0, 0.05) is 49.7 Å². The molecule has 0 bridgehead atoms. The molecule has 1 aliphatic heterocycles. The van der Waals surface area contributed by atoms with E-state index in [-0.39, 0.29) is 5.82 Å². The summed E-state index contributed by atoms with van der Waals surface area (Å²) in [7, 11) is 0. The summed E-state index contributed by atoms with van der Waals surface area (Å²) in [5, 5.41) is 5.99. The summed E-state index contributed by atoms with van der Waals surface area (Å²) in [6, 6.07) is 15.5. The van der Waals surface area contributed by atoms with Gasteiger partial charge in [0.15, 0.2) is 0 Å². The van der Waals surface area contributed by atoms with Gasteiger partial charge in [-0.15, -0.1) is 0 Å². The Morgan fingerprint density at radius 3 is 2.32 bits per heavy atom. The zero-order valence-corrected chi connectivity index (χ0v) is 18.7. The van der Waals surface area contributed by atoms with E-state index in [0.29, 0.717) is 22.1 Å². The van der Waals surface area contributed by atoms with Crippen LogP contribution in [0.15, 0.2) is 54.7 Å². The maximum absolute atomic E-state index is 13.2. The molecule has 0 radical (unpaired) electrons. The number of hydrogen-bond donors (Lipinski definition) is 0. The van der Waals surface area contributed by atoms with Crippen LogP contribution in [0.5, 0.6) is 0 Å². The Bertz CT molecular complexity index is 1040. The second kappa shape index (κ2) is 8.81. The van der Waals surface area contributed by atoms with Crippen molar-refractivity contribution in [3.05, 3.63) is 70.6 Å². The van der Waals surface area contributed by atoms with E-state index in [9.17, 15) is 4.39 Å². The Hall–Kier alpha value is -2.08. The van der Waals surface area contributed by atoms with Crippen LogP contribution in [0.2, 0.25) is 10.0 Å². The molecule has 1 aliphatic carbocycles. The van der Waals surface area contributed by atoms with E-state index in [2.05, 4.69) is 20.7 Å². The molecule has 31 heavy (non-hydrogen) atoms. The maximum atomic E-state index is 13.2. The van der Waals surface area contributed by atoms with Gasteiger partial charge in [-0.1, -0.05) is 23.2 Å². The van der Waals surface area contributed by atoms with Gasteiger partial charge in [-0.05, 0) is 67.8 Å². The van der Waals surface area contributed by atoms with Gasteiger partial charge < -0.3 is 4.90 Å². The first kappa shape index (κ1) is 20.8. The van der Waals surface area contributed by atoms with Crippen molar-refractivity contribution in [2.24, 2.45) is 0 Å². The second-order valence-electron chi connectivity index (χ2n) is 8.43. The van der Waals surface area contributed by atoms with E-state index in [0.717, 1.165) is 56.0 Å². The van der Waals surface area contributed by atoms with E-state index in [1.54, 1.807) is 12.1 Å². The molecule has 1 aromatic heterocycles. The van der Waals surface area contributed by atoms with Crippen molar-refractivity contribution in [1.29, 1.82) is 0 Å². The highest BCUT2D eigenvalue weighted by Crippen LogP contribution is 2.35. The molecule has 2 fully saturated rings. The molecule has 2 aliphatic rings. The Morgan fingerprint density at radius 2 is 1.58 bits per heavy atom. The third kappa shape index (κ3) is 4.45. The standard InChI is InChI=1S/C24H25Cl2FN4/c25-22-8-7-20(16-23(22)26)30-13-11-29(12-14-30)19-5-6-21(15-19)31-10-9-24(28-31)17-1-3-18(27)4-2-17/h1-4,7-10,16,19,21H,5-6,11-15H2. The van der Waals surface area contributed by atoms with E-state index in [1.165, 1.54) is 18.6 Å². The summed E-state index contributed by atoms with van der Waals surface area (Å²) in [6.07, 6.45) is 5.52. The highest BCUT2D eigenvalue weighted by molar-refractivity contribution is 6.42. The van der Waals surface area contributed by atoms with Crippen LogP contribution < -0.4 is 4.90 Å². The van der Waals surface area contributed by atoms with Crippen LogP contribution in [0.4, 0.5) is 10.1 Å². The van der Waals surface area contributed by atoms with Crippen LogP contribution in [0.25, 0.3) is 11.3 Å². The first-order valence-corrected chi connectivity index (χ1v) is 11.6. The maximum Gasteiger partial charge on any atom is 0.123 e. The second-order valence-corrected chi connectivity index (χ2v) is 9.24. The van der Waals surface area contributed by atoms with Crippen LogP contribution in [0.3, 0.4) is 0 Å². The summed E-state index contributed by atoms with van der Waals surface area (Å²) in [5.41, 5.74) is 3.00. The molecule has 2 heterocycles. The molecule has 2 atom stereocenters. The van der Waals surface area contributed by atoms with Gasteiger partial charge in [0.2, 0.25) is 0 Å². The predicted molar refractivity (Wildman–Crippen MR) is 125 cm³/mol. The monoisotopic (exact) mass is 458 g/mol. The van der Waals surface area contributed by atoms with Gasteiger partial charge in [0.05, 0.1) is 21.8 Å². The molecule has 5 rings (SSSR count). The summed E-state index contributed by atoms with van der Waals surface area (Å²) >= 11 is 12.2. The first-order valence-electron chi connectivity index (χ1n) is 10.8. The third-order valence-electron chi connectivity index (χ3n) is 6.60. The molecule has 162 valence electrons. The topological polar surface area (TPSA) is 24.3 Å². The lowest BCUT2D eigenvalue weighted by atomic mass is 10.1. The van der Waals surface area contributed by atoms with Crippen molar-refractivity contribution < 1.29 is 4.39 Å². The molecule has 2 unspecified atom stereocenters. The molecule has 1 saturated carbocycles. The molecule has 0 N–H and O–H groups in total. The zero-order chi connectivity index (χ0) is 21.4. The highest BCUT2D eigenvalue weighted by Gasteiger charge is 2.32. The minimum Gasteiger partial charge on any atom is -0.369 e. The smallest absolute Gasteiger partial charge is 0.123 e. The van der Waals surface area contributed by atoms with E-state index in [1.807, 2.05) is 24.3 Å². The van der Waals surface area contributed by atoms with Crippen molar-refractivity contribution in [3.8, 4) is 11.3 Å². The van der Waals surface area contributed by atoms with Crippen LogP contribution in [0.1, 0.15) is 25.3 Å². The summed E-state index contributed by atoms with van der Waals surface area (Å²) in [4.78, 5) is 5.01. The van der Waals surface area contributed by atoms with Gasteiger partial charge in [0.25, 0.3) is 0 Å². The molecule has 2 aromatic carbocycles. The largest absolute Gasteiger partial charge is 0.369 e. The minimum atomic E-state index is -0.221. The lowest BCUT2D eigenvalue weighted by Gasteiger charge is -2.39. The van der Waals surface area contributed by atoms with E-state index < -0.39 is 0 Å². The fraction of sp³-hybridized carbons (Fsp3) is 0.375. The number of benzene rings is 2. The molecule has 0 amide bonds. The van der Waals surface area contributed by atoms with Crippen LogP contribution in [-0.2, 0) is 0 Å². The number of nitrogens with zero attached hydrogens (tertiary/aromatic N) is 4. The summed E-state index contributed by atoms with van der Waals surface area (Å²) in [6.45, 7) is 4.10. The first-order chi connectivity index (χ1) is 15.1. The van der Waals surface area contributed by atoms with Gasteiger partial charge in [-0.2, -0.15) is 5.10 Å². The Labute approximate surface area is 192 Å². The molecule has 0 spiro atoms. The SMILES string of the molecule is Fc1ccc(-c2ccn(C3CCC(N4CCN(c5ccc(Cl)c(Cl)c5)CC4)C3)n2)cc1. The molecule has 1 saturated heterocycles. The Balaban J connectivity index is 1.18. The average molecular weight is 459 g/mol. The number of anilines is 1. The van der Waals surface area contributed by atoms with Gasteiger partial charge in [0.1, 0.15) is 5.82 Å². The summed E-state index contributed by atoms with van der Waals surface area (Å²) < 4.78 is 15.3. The normalized spacial score (nSPS) is 22.2. The highest BCUT2D eigenvalue weighted by atomic mass is 35.5. The van der Waals surface area contributed by atoms with Crippen LogP contribution in [-0.4, -0.2) is 46.9 Å². The third-order valence-corrected chi connectivity index (χ3v) is 7.34. The number of aromatic nitrogens is 2. The van der Waals surface area contributed by atoms with Crippen LogP contribution in [0, 0.1) is 5.82 Å². The van der Waals surface area contributed by atoms with Crippen molar-refractivity contribution in [3.63, 3.8) is 0 Å². The van der Waals surface area contributed by atoms with Crippen molar-refractivity contribution in [1.82, 2.24) is 14.7 Å². The molecule has 3 aromatic rings. The molecule has 4 nitrogen and oxygen atoms in total. The Morgan fingerprint density at radius 1 is 0.839 bits per heavy atom. The molecular weight excluding hydrogens is 434 g/mol. The molecule has 7 heteroatoms. The van der Waals surface area contributed by atoms with Crippen molar-refractivity contribution in [2.45, 2.75) is 31.3 Å². The summed E-state index contributed by atoms with van der Waals surface area (Å²) in [5.74, 6) is -0.221. The van der Waals surface area contributed by atoms with Gasteiger partial charge in [-0.3, -0.25) is 9.58 Å². The van der Waals surface area contributed by atoms with E-state index in [4.69, 9.17) is 28.3 Å². The predicted octanol–water partition coefficient (Wildman–Crippen LogP) is 5.91. The number of piperazine rings is 1. The van der Waals surface area contributed by atoms with E-state index >= 15 is 0 Å². The fourth-order valence-corrected chi connectivity index (χ4v) is 5.14. The minimum absolute atomic E-state index is 0.221. The zero-order valence-electron chi connectivity index (χ0n) is 17.2. The quantitative estimate of drug-likeness (QED) is 0.485. The number of halogens is 3. The van der Waals surface area contributed by atoms with Gasteiger partial charge >= 0.3 is 0 Å².